The van der Waals surface area contributed by atoms with Gasteiger partial charge in [-0.25, -0.2) is 9.18 Å². The van der Waals surface area contributed by atoms with Gasteiger partial charge >= 0.3 is 11.7 Å². The molecular formula is C26H29FN6O7S. The molecule has 1 aliphatic rings. The molecule has 2 N–H and O–H groups in total. The summed E-state index contributed by atoms with van der Waals surface area (Å²) in [5, 5.41) is 29.1. The Balaban J connectivity index is 1.74. The molecule has 0 aliphatic carbocycles. The largest absolute Gasteiger partial charge is 0.496 e. The second-order valence-corrected chi connectivity index (χ2v) is 10.7. The first-order valence-corrected chi connectivity index (χ1v) is 13.6. The van der Waals surface area contributed by atoms with Gasteiger partial charge < -0.3 is 19.7 Å². The smallest absolute Gasteiger partial charge is 0.332 e. The van der Waals surface area contributed by atoms with Crippen LogP contribution in [-0.4, -0.2) is 78.7 Å². The molecule has 1 fully saturated rings. The van der Waals surface area contributed by atoms with Crippen molar-refractivity contribution in [2.75, 3.05) is 27.3 Å². The van der Waals surface area contributed by atoms with Crippen molar-refractivity contribution in [1.82, 2.24) is 29.0 Å². The van der Waals surface area contributed by atoms with Crippen molar-refractivity contribution in [3.63, 3.8) is 0 Å². The first-order valence-electron chi connectivity index (χ1n) is 12.8. The number of benzene rings is 1. The summed E-state index contributed by atoms with van der Waals surface area (Å²) in [4.78, 5) is 42.6. The molecule has 0 bridgehead atoms. The molecule has 0 amide bonds. The average Bonchev–Trinajstić information content (AvgIpc) is 3.66. The van der Waals surface area contributed by atoms with Gasteiger partial charge in [0, 0.05) is 17.7 Å². The fourth-order valence-electron chi connectivity index (χ4n) is 5.14. The molecule has 5 rings (SSSR count). The molecule has 1 aliphatic heterocycles. The Morgan fingerprint density at radius 3 is 2.63 bits per heavy atom. The predicted molar refractivity (Wildman–Crippen MR) is 146 cm³/mol. The van der Waals surface area contributed by atoms with Gasteiger partial charge in [0.2, 0.25) is 0 Å². The molecule has 4 heterocycles. The number of aliphatic hydroxyl groups excluding tert-OH is 1. The maximum atomic E-state index is 14.4. The topological polar surface area (TPSA) is 154 Å². The second-order valence-electron chi connectivity index (χ2n) is 9.74. The lowest BCUT2D eigenvalue weighted by atomic mass is 10.1. The summed E-state index contributed by atoms with van der Waals surface area (Å²) in [5.41, 5.74) is -0.440. The Bertz CT molecular complexity index is 1700. The molecule has 3 aromatic heterocycles. The van der Waals surface area contributed by atoms with Crippen LogP contribution in [-0.2, 0) is 16.1 Å². The van der Waals surface area contributed by atoms with Gasteiger partial charge in [-0.05, 0) is 38.6 Å². The molecule has 4 aromatic rings. The van der Waals surface area contributed by atoms with Crippen LogP contribution < -0.4 is 16.0 Å². The Kier molecular flexibility index (Phi) is 8.04. The number of carboxylic acid groups (broad SMARTS) is 1. The van der Waals surface area contributed by atoms with E-state index in [1.165, 1.54) is 47.1 Å². The third kappa shape index (κ3) is 5.28. The number of aliphatic carboxylic acids is 1. The summed E-state index contributed by atoms with van der Waals surface area (Å²) in [6.07, 6.45) is 0.919. The number of nitrogens with zero attached hydrogens (tertiary/aromatic N) is 6. The van der Waals surface area contributed by atoms with Crippen molar-refractivity contribution in [3.8, 4) is 10.8 Å². The minimum Gasteiger partial charge on any atom is -0.496 e. The number of aliphatic hydroxyl groups is 1. The number of likely N-dealkylation sites (tertiary alicyclic amines) is 1. The Morgan fingerprint density at radius 2 is 2.00 bits per heavy atom. The van der Waals surface area contributed by atoms with Gasteiger partial charge in [0.1, 0.15) is 33.7 Å². The highest BCUT2D eigenvalue weighted by Crippen LogP contribution is 2.35. The highest BCUT2D eigenvalue weighted by molar-refractivity contribution is 7.21. The molecule has 3 atom stereocenters. The molecule has 0 saturated carbocycles. The molecule has 1 saturated heterocycles. The number of carboxylic acids is 1. The number of ether oxygens (including phenoxy) is 2. The van der Waals surface area contributed by atoms with E-state index in [0.717, 1.165) is 15.9 Å². The summed E-state index contributed by atoms with van der Waals surface area (Å²) in [7, 11) is 3.10. The molecule has 15 heteroatoms. The van der Waals surface area contributed by atoms with E-state index < -0.39 is 41.4 Å². The summed E-state index contributed by atoms with van der Waals surface area (Å²) in [6.45, 7) is 1.77. The Labute approximate surface area is 236 Å². The summed E-state index contributed by atoms with van der Waals surface area (Å²) < 4.78 is 28.2. The van der Waals surface area contributed by atoms with Crippen molar-refractivity contribution in [3.05, 3.63) is 68.4 Å². The van der Waals surface area contributed by atoms with Gasteiger partial charge in [0.15, 0.2) is 0 Å². The van der Waals surface area contributed by atoms with Gasteiger partial charge in [-0.3, -0.25) is 23.6 Å². The van der Waals surface area contributed by atoms with Gasteiger partial charge in [0.05, 0.1) is 50.5 Å². The summed E-state index contributed by atoms with van der Waals surface area (Å²) in [6, 6.07) is 3.03. The predicted octanol–water partition coefficient (Wildman–Crippen LogP) is 1.69. The fraction of sp³-hybridized carbons (Fsp3) is 0.423. The minimum absolute atomic E-state index is 0.209. The van der Waals surface area contributed by atoms with Crippen molar-refractivity contribution >= 4 is 27.5 Å². The number of fused-ring (bicyclic) bond motifs is 1. The SMILES string of the molecule is COc1ccc(F)cc1[C@H](Cn1c(=O)n([C@H]2CCN(C)C2O)c(=O)c2c(C)c(-n3nccn3)sc21)OCCC(=O)O. The number of hydrogen-bond acceptors (Lipinski definition) is 10. The summed E-state index contributed by atoms with van der Waals surface area (Å²) in [5.74, 6) is -1.39. The van der Waals surface area contributed by atoms with E-state index in [4.69, 9.17) is 9.47 Å². The van der Waals surface area contributed by atoms with Crippen LogP contribution in [0.3, 0.4) is 0 Å². The number of thiophene rings is 1. The normalized spacial score (nSPS) is 18.3. The van der Waals surface area contributed by atoms with Crippen LogP contribution in [0.4, 0.5) is 4.39 Å². The van der Waals surface area contributed by atoms with E-state index in [1.807, 2.05) is 0 Å². The van der Waals surface area contributed by atoms with E-state index in [9.17, 15) is 29.0 Å². The molecule has 13 nitrogen and oxygen atoms in total. The number of carbonyl (C=O) groups is 1. The van der Waals surface area contributed by atoms with E-state index in [2.05, 4.69) is 10.2 Å². The first kappa shape index (κ1) is 28.6. The number of methoxy groups -OCH3 is 1. The van der Waals surface area contributed by atoms with Crippen molar-refractivity contribution in [2.45, 2.75) is 44.7 Å². The second kappa shape index (κ2) is 11.5. The van der Waals surface area contributed by atoms with E-state index in [1.54, 1.807) is 18.9 Å². The van der Waals surface area contributed by atoms with Crippen molar-refractivity contribution in [1.29, 1.82) is 0 Å². The van der Waals surface area contributed by atoms with Gasteiger partial charge in [-0.15, -0.1) is 4.80 Å². The molecular weight excluding hydrogens is 559 g/mol. The highest BCUT2D eigenvalue weighted by atomic mass is 32.1. The van der Waals surface area contributed by atoms with E-state index in [0.29, 0.717) is 28.4 Å². The van der Waals surface area contributed by atoms with Crippen LogP contribution in [0.25, 0.3) is 15.2 Å². The molecule has 0 radical (unpaired) electrons. The maximum Gasteiger partial charge on any atom is 0.332 e. The van der Waals surface area contributed by atoms with Crippen molar-refractivity contribution < 1.29 is 28.9 Å². The first-order chi connectivity index (χ1) is 19.6. The van der Waals surface area contributed by atoms with Gasteiger partial charge in [0.25, 0.3) is 5.56 Å². The maximum absolute atomic E-state index is 14.4. The number of halogens is 1. The quantitative estimate of drug-likeness (QED) is 0.280. The highest BCUT2D eigenvalue weighted by Gasteiger charge is 2.36. The Hall–Kier alpha value is -3.92. The number of rotatable bonds is 10. The average molecular weight is 589 g/mol. The zero-order valence-electron chi connectivity index (χ0n) is 22.6. The molecule has 1 unspecified atom stereocenters. The number of hydrogen-bond donors (Lipinski definition) is 2. The lowest BCUT2D eigenvalue weighted by Crippen LogP contribution is -2.46. The van der Waals surface area contributed by atoms with Gasteiger partial charge in [-0.1, -0.05) is 11.3 Å². The molecule has 41 heavy (non-hydrogen) atoms. The zero-order chi connectivity index (χ0) is 29.4. The summed E-state index contributed by atoms with van der Waals surface area (Å²) >= 11 is 1.13. The minimum atomic E-state index is -1.09. The van der Waals surface area contributed by atoms with Crippen LogP contribution in [0.2, 0.25) is 0 Å². The third-order valence-electron chi connectivity index (χ3n) is 7.25. The van der Waals surface area contributed by atoms with Crippen LogP contribution in [0.1, 0.15) is 36.1 Å². The number of likely N-dealkylation sites (N-methyl/N-ethyl adjacent to an activating group) is 1. The van der Waals surface area contributed by atoms with E-state index >= 15 is 0 Å². The third-order valence-corrected chi connectivity index (χ3v) is 8.53. The fourth-order valence-corrected chi connectivity index (χ4v) is 6.36. The zero-order valence-corrected chi connectivity index (χ0v) is 23.4. The number of aromatic nitrogens is 5. The van der Waals surface area contributed by atoms with E-state index in [-0.39, 0.29) is 36.3 Å². The van der Waals surface area contributed by atoms with Crippen LogP contribution in [0.5, 0.6) is 5.75 Å². The van der Waals surface area contributed by atoms with Crippen LogP contribution in [0, 0.1) is 12.7 Å². The monoisotopic (exact) mass is 588 g/mol. The molecule has 1 aromatic carbocycles. The van der Waals surface area contributed by atoms with Crippen molar-refractivity contribution in [2.24, 2.45) is 0 Å². The van der Waals surface area contributed by atoms with Crippen LogP contribution >= 0.6 is 11.3 Å². The lowest BCUT2D eigenvalue weighted by molar-refractivity contribution is -0.138. The van der Waals surface area contributed by atoms with Crippen LogP contribution in [0.15, 0.2) is 40.2 Å². The molecule has 218 valence electrons. The number of aryl methyl sites for hydroxylation is 1. The molecule has 0 spiro atoms. The Morgan fingerprint density at radius 1 is 1.27 bits per heavy atom. The lowest BCUT2D eigenvalue weighted by Gasteiger charge is -2.24. The standard InChI is InChI=1S/C26H29FN6O7S/c1-14-21-23(37)32(17-6-10-30(2)22(17)36)26(38)31(25(21)41-24(14)33-28-8-9-29-33)13-19(40-11-7-20(34)35)16-12-15(27)4-5-18(16)39-3/h4-5,8-9,12,17,19,22,36H,6-7,10-11,13H2,1-3H3,(H,34,35)/t17-,19-,22?/m0/s1. The van der Waals surface area contributed by atoms with Gasteiger partial charge in [-0.2, -0.15) is 10.2 Å².